The smallest absolute Gasteiger partial charge is 0.243 e. The number of sulfonamides is 1. The summed E-state index contributed by atoms with van der Waals surface area (Å²) in [5.74, 6) is -0.889. The van der Waals surface area contributed by atoms with Crippen LogP contribution in [0.15, 0.2) is 108 Å². The van der Waals surface area contributed by atoms with Crippen LogP contribution in [0.5, 0.6) is 0 Å². The summed E-state index contributed by atoms with van der Waals surface area (Å²) in [6.45, 7) is 1.34. The first-order valence-corrected chi connectivity index (χ1v) is 22.3. The number of piperazine rings is 1. The lowest BCUT2D eigenvalue weighted by atomic mass is 9.75. The second-order valence-corrected chi connectivity index (χ2v) is 18.1. The molecule has 1 aliphatic heterocycles. The van der Waals surface area contributed by atoms with Crippen molar-refractivity contribution in [3.8, 4) is 0 Å². The van der Waals surface area contributed by atoms with Gasteiger partial charge in [0.15, 0.2) is 0 Å². The molecule has 2 fully saturated rings. The van der Waals surface area contributed by atoms with Crippen molar-refractivity contribution in [1.82, 2.24) is 14.9 Å². The fourth-order valence-corrected chi connectivity index (χ4v) is 11.4. The summed E-state index contributed by atoms with van der Waals surface area (Å²) in [5.41, 5.74) is 12.2. The fourth-order valence-electron chi connectivity index (χ4n) is 9.80. The van der Waals surface area contributed by atoms with Crippen LogP contribution in [0.4, 0.5) is 5.69 Å². The van der Waals surface area contributed by atoms with Crippen molar-refractivity contribution in [2.24, 2.45) is 5.73 Å². The molecule has 58 heavy (non-hydrogen) atoms. The van der Waals surface area contributed by atoms with Crippen LogP contribution >= 0.6 is 0 Å². The lowest BCUT2D eigenvalue weighted by molar-refractivity contribution is -0.130. The average molecular weight is 794 g/mol. The number of nitrogens with two attached hydrogens (primary N) is 1. The first kappa shape index (κ1) is 38.4. The lowest BCUT2D eigenvalue weighted by Crippen LogP contribution is -2.57. The summed E-state index contributed by atoms with van der Waals surface area (Å²) < 4.78 is 29.0. The summed E-state index contributed by atoms with van der Waals surface area (Å²) in [6.07, 6.45) is 8.97. The van der Waals surface area contributed by atoms with Gasteiger partial charge in [-0.2, -0.15) is 4.31 Å². The Morgan fingerprint density at radius 3 is 2.29 bits per heavy atom. The van der Waals surface area contributed by atoms with E-state index < -0.39 is 27.9 Å². The summed E-state index contributed by atoms with van der Waals surface area (Å²) in [4.78, 5) is 27.6. The molecule has 5 N–H and O–H groups in total. The van der Waals surface area contributed by atoms with Gasteiger partial charge in [-0.1, -0.05) is 104 Å². The topological polar surface area (TPSA) is 134 Å². The molecule has 0 radical (unpaired) electrons. The molecule has 3 aliphatic rings. The third-order valence-corrected chi connectivity index (χ3v) is 14.7. The molecule has 0 bridgehead atoms. The van der Waals surface area contributed by atoms with E-state index in [4.69, 9.17) is 5.73 Å². The first-order chi connectivity index (χ1) is 28.3. The number of amides is 2. The molecule has 9 rings (SSSR count). The van der Waals surface area contributed by atoms with Crippen LogP contribution in [-0.4, -0.2) is 49.7 Å². The van der Waals surface area contributed by atoms with E-state index in [1.165, 1.54) is 82.5 Å². The van der Waals surface area contributed by atoms with Crippen molar-refractivity contribution in [3.05, 3.63) is 131 Å². The predicted molar refractivity (Wildman–Crippen MR) is 232 cm³/mol. The number of carbonyl (C=O) groups excluding carboxylic acids is 2. The number of anilines is 1. The Bertz CT molecular complexity index is 2640. The maximum Gasteiger partial charge on any atom is 0.243 e. The minimum absolute atomic E-state index is 0.0229. The molecular weight excluding hydrogens is 743 g/mol. The number of hydrogen-bond donors (Lipinski definition) is 4. The minimum Gasteiger partial charge on any atom is -0.353 e. The van der Waals surface area contributed by atoms with E-state index in [2.05, 4.69) is 70.5 Å². The molecule has 1 saturated heterocycles. The van der Waals surface area contributed by atoms with Crippen molar-refractivity contribution in [2.75, 3.05) is 18.4 Å². The Kier molecular flexibility index (Phi) is 10.8. The van der Waals surface area contributed by atoms with Gasteiger partial charge in [0, 0.05) is 43.5 Å². The Hall–Kier alpha value is -5.13. The van der Waals surface area contributed by atoms with E-state index in [0.29, 0.717) is 11.7 Å². The highest BCUT2D eigenvalue weighted by molar-refractivity contribution is 7.89. The van der Waals surface area contributed by atoms with Gasteiger partial charge in [-0.25, -0.2) is 8.42 Å². The summed E-state index contributed by atoms with van der Waals surface area (Å²) in [6, 6.07) is 33.8. The van der Waals surface area contributed by atoms with Gasteiger partial charge in [0.05, 0.1) is 17.0 Å². The highest BCUT2D eigenvalue weighted by atomic mass is 32.2. The van der Waals surface area contributed by atoms with Crippen LogP contribution in [0.2, 0.25) is 0 Å². The molecule has 0 unspecified atom stereocenters. The van der Waals surface area contributed by atoms with Gasteiger partial charge in [-0.3, -0.25) is 9.59 Å². The quantitative estimate of drug-likeness (QED) is 0.104. The Morgan fingerprint density at radius 2 is 1.50 bits per heavy atom. The number of benzene rings is 6. The third kappa shape index (κ3) is 7.28. The summed E-state index contributed by atoms with van der Waals surface area (Å²) in [7, 11) is -4.08. The predicted octanol–water partition coefficient (Wildman–Crippen LogP) is 8.01. The van der Waals surface area contributed by atoms with E-state index >= 15 is 0 Å². The maximum absolute atomic E-state index is 14.2. The van der Waals surface area contributed by atoms with Gasteiger partial charge >= 0.3 is 0 Å². The number of hydrogen-bond acceptors (Lipinski definition) is 6. The van der Waals surface area contributed by atoms with E-state index in [9.17, 15) is 18.0 Å². The fraction of sp³-hybridized carbons (Fsp3) is 0.333. The second-order valence-electron chi connectivity index (χ2n) is 16.2. The van der Waals surface area contributed by atoms with Crippen molar-refractivity contribution in [3.63, 3.8) is 0 Å². The molecule has 6 aromatic rings. The molecule has 9 nitrogen and oxygen atoms in total. The van der Waals surface area contributed by atoms with Crippen molar-refractivity contribution >= 4 is 59.8 Å². The molecule has 1 heterocycles. The molecule has 10 heteroatoms. The van der Waals surface area contributed by atoms with Crippen LogP contribution in [-0.2, 0) is 39.1 Å². The molecular formula is C48H51N5O4S. The molecule has 2 aliphatic carbocycles. The molecule has 0 spiro atoms. The van der Waals surface area contributed by atoms with E-state index in [0.717, 1.165) is 52.0 Å². The second kappa shape index (κ2) is 16.3. The van der Waals surface area contributed by atoms with Crippen LogP contribution < -0.4 is 21.7 Å². The van der Waals surface area contributed by atoms with Crippen molar-refractivity contribution < 1.29 is 18.0 Å². The monoisotopic (exact) mass is 793 g/mol. The molecule has 298 valence electrons. The van der Waals surface area contributed by atoms with Gasteiger partial charge in [-0.05, 0) is 105 Å². The van der Waals surface area contributed by atoms with Gasteiger partial charge in [0.2, 0.25) is 21.8 Å². The number of nitrogens with zero attached hydrogens (tertiary/aromatic N) is 1. The molecule has 2 atom stereocenters. The number of aryl methyl sites for hydroxylation is 1. The summed E-state index contributed by atoms with van der Waals surface area (Å²) in [5, 5.41) is 17.0. The molecule has 6 aromatic carbocycles. The van der Waals surface area contributed by atoms with Crippen LogP contribution in [0, 0.1) is 0 Å². The molecule has 2 amide bonds. The SMILES string of the molecule is NCc1ccc(S(=O)(=O)N2CCNC(=O)[C@H]2CC(=O)Nc2c([C@@H]3CCCc4c3ccc3c4cc(CNC4CCCCC4)c4ccccc43)ccc3ccccc23)cc1. The lowest BCUT2D eigenvalue weighted by Gasteiger charge is -2.34. The largest absolute Gasteiger partial charge is 0.353 e. The zero-order valence-electron chi connectivity index (χ0n) is 32.8. The molecule has 1 saturated carbocycles. The minimum atomic E-state index is -4.08. The Labute approximate surface area is 340 Å². The van der Waals surface area contributed by atoms with Crippen LogP contribution in [0.25, 0.3) is 32.3 Å². The van der Waals surface area contributed by atoms with Crippen molar-refractivity contribution in [1.29, 1.82) is 0 Å². The number of carbonyl (C=O) groups is 2. The van der Waals surface area contributed by atoms with E-state index in [-0.39, 0.29) is 36.9 Å². The van der Waals surface area contributed by atoms with E-state index in [1.807, 2.05) is 24.3 Å². The maximum atomic E-state index is 14.2. The van der Waals surface area contributed by atoms with Gasteiger partial charge < -0.3 is 21.7 Å². The van der Waals surface area contributed by atoms with Crippen LogP contribution in [0.1, 0.15) is 85.1 Å². The highest BCUT2D eigenvalue weighted by Gasteiger charge is 2.40. The van der Waals surface area contributed by atoms with Gasteiger partial charge in [-0.15, -0.1) is 0 Å². The van der Waals surface area contributed by atoms with Gasteiger partial charge in [0.1, 0.15) is 6.04 Å². The molecule has 0 aromatic heterocycles. The van der Waals surface area contributed by atoms with E-state index in [1.54, 1.807) is 12.1 Å². The normalized spacial score (nSPS) is 19.3. The van der Waals surface area contributed by atoms with Crippen molar-refractivity contribution in [2.45, 2.75) is 93.8 Å². The summed E-state index contributed by atoms with van der Waals surface area (Å²) >= 11 is 0. The van der Waals surface area contributed by atoms with Gasteiger partial charge in [0.25, 0.3) is 0 Å². The standard InChI is InChI=1S/C48H51N5O4S/c49-29-31-17-20-35(21-18-31)58(56,57)53-26-25-50-48(55)45(53)28-46(54)52-47-37-13-5-4-9-32(37)19-22-43(47)39-15-8-16-40-41(39)23-24-42-38-14-7-6-12-36(38)33(27-44(40)42)30-51-34-10-2-1-3-11-34/h4-7,9,12-14,17-24,27,34,39,45,51H,1-3,8,10-11,15-16,25-26,28-30,49H2,(H,50,55)(H,52,54)/t39-,45-/m1/s1. The zero-order valence-corrected chi connectivity index (χ0v) is 33.6. The number of nitrogens with one attached hydrogen (secondary N) is 3. The zero-order chi connectivity index (χ0) is 39.8. The third-order valence-electron chi connectivity index (χ3n) is 12.8. The average Bonchev–Trinajstić information content (AvgIpc) is 3.26. The number of fused-ring (bicyclic) bond motifs is 6. The highest BCUT2D eigenvalue weighted by Crippen LogP contribution is 2.45. The Morgan fingerprint density at radius 1 is 0.776 bits per heavy atom. The Balaban J connectivity index is 1.06. The first-order valence-electron chi connectivity index (χ1n) is 20.9. The number of rotatable bonds is 10. The van der Waals surface area contributed by atoms with Crippen LogP contribution in [0.3, 0.4) is 0 Å².